The molecule has 4 amide bonds. The van der Waals surface area contributed by atoms with E-state index in [1.165, 1.54) is 0 Å². The van der Waals surface area contributed by atoms with Gasteiger partial charge in [-0.05, 0) is 31.0 Å². The molecule has 1 aromatic carbocycles. The summed E-state index contributed by atoms with van der Waals surface area (Å²) in [6.07, 6.45) is 4.81. The van der Waals surface area contributed by atoms with Gasteiger partial charge in [0.05, 0.1) is 11.8 Å². The van der Waals surface area contributed by atoms with E-state index in [0.717, 1.165) is 10.6 Å². The number of nitrogens with one attached hydrogen (secondary N) is 2. The topological polar surface area (TPSA) is 98.8 Å². The van der Waals surface area contributed by atoms with Crippen LogP contribution in [0.2, 0.25) is 0 Å². The van der Waals surface area contributed by atoms with E-state index in [1.807, 2.05) is 37.2 Å². The number of benzene rings is 1. The largest absolute Gasteiger partial charge is 0.378 e. The summed E-state index contributed by atoms with van der Waals surface area (Å²) in [5, 5.41) is 0. The number of hydrogen-bond acceptors (Lipinski definition) is 5. The summed E-state index contributed by atoms with van der Waals surface area (Å²) in [6.45, 7) is -0.400. The van der Waals surface area contributed by atoms with Crippen molar-refractivity contribution < 1.29 is 19.2 Å². The first kappa shape index (κ1) is 18.6. The van der Waals surface area contributed by atoms with Gasteiger partial charge in [0.25, 0.3) is 11.8 Å². The normalized spacial score (nSPS) is 21.0. The molecule has 8 nitrogen and oxygen atoms in total. The molecular formula is C19H22N4O4. The van der Waals surface area contributed by atoms with Crippen LogP contribution in [0, 0.1) is 11.8 Å². The van der Waals surface area contributed by atoms with Gasteiger partial charge in [-0.15, -0.1) is 0 Å². The lowest BCUT2D eigenvalue weighted by molar-refractivity contribution is -0.143. The third-order valence-corrected chi connectivity index (χ3v) is 4.84. The fourth-order valence-electron chi connectivity index (χ4n) is 3.33. The maximum absolute atomic E-state index is 12.3. The van der Waals surface area contributed by atoms with Crippen molar-refractivity contribution in [3.63, 3.8) is 0 Å². The predicted octanol–water partition coefficient (Wildman–Crippen LogP) is 0.465. The molecule has 0 aromatic heterocycles. The predicted molar refractivity (Wildman–Crippen MR) is 98.5 cm³/mol. The van der Waals surface area contributed by atoms with Crippen LogP contribution < -0.4 is 15.8 Å². The second-order valence-electron chi connectivity index (χ2n) is 6.87. The number of hydrogen-bond donors (Lipinski definition) is 2. The van der Waals surface area contributed by atoms with E-state index in [2.05, 4.69) is 10.9 Å². The Bertz CT molecular complexity index is 792. The fraction of sp³-hybridized carbons (Fsp3) is 0.368. The molecule has 0 bridgehead atoms. The average molecular weight is 370 g/mol. The molecule has 1 fully saturated rings. The van der Waals surface area contributed by atoms with Gasteiger partial charge in [0.15, 0.2) is 0 Å². The van der Waals surface area contributed by atoms with Crippen molar-refractivity contribution in [3.05, 3.63) is 42.0 Å². The van der Waals surface area contributed by atoms with Crippen molar-refractivity contribution in [3.8, 4) is 0 Å². The van der Waals surface area contributed by atoms with Crippen molar-refractivity contribution >= 4 is 29.3 Å². The maximum atomic E-state index is 12.3. The summed E-state index contributed by atoms with van der Waals surface area (Å²) in [5.41, 5.74) is 5.80. The second kappa shape index (κ2) is 7.61. The number of nitrogens with zero attached hydrogens (tertiary/aromatic N) is 2. The maximum Gasteiger partial charge on any atom is 0.269 e. The quantitative estimate of drug-likeness (QED) is 0.456. The smallest absolute Gasteiger partial charge is 0.269 e. The molecule has 1 saturated heterocycles. The van der Waals surface area contributed by atoms with Crippen molar-refractivity contribution in [1.82, 2.24) is 15.8 Å². The van der Waals surface area contributed by atoms with Gasteiger partial charge in [0.1, 0.15) is 6.54 Å². The minimum Gasteiger partial charge on any atom is -0.378 e. The van der Waals surface area contributed by atoms with E-state index in [1.54, 1.807) is 18.2 Å². The lowest BCUT2D eigenvalue weighted by Crippen LogP contribution is -2.47. The highest BCUT2D eigenvalue weighted by atomic mass is 16.2. The standard InChI is InChI=1S/C19H22N4O4/c1-22(2)13-7-5-6-12(10-13)17(25)21-20-16(24)11-23-18(26)14-8-3-4-9-15(14)19(23)27/h3-7,10,14-15H,8-9,11H2,1-2H3,(H,20,24)(H,21,25)/t14-,15-/m1/s1. The summed E-state index contributed by atoms with van der Waals surface area (Å²) in [7, 11) is 3.71. The molecule has 1 aromatic rings. The first-order valence-electron chi connectivity index (χ1n) is 8.75. The Labute approximate surface area is 157 Å². The van der Waals surface area contributed by atoms with Gasteiger partial charge in [-0.3, -0.25) is 34.9 Å². The lowest BCUT2D eigenvalue weighted by atomic mass is 9.85. The van der Waals surface area contributed by atoms with Crippen LogP contribution in [0.15, 0.2) is 36.4 Å². The molecule has 0 spiro atoms. The summed E-state index contributed by atoms with van der Waals surface area (Å²) in [6, 6.07) is 6.91. The van der Waals surface area contributed by atoms with Crippen molar-refractivity contribution in [2.45, 2.75) is 12.8 Å². The first-order chi connectivity index (χ1) is 12.9. The zero-order chi connectivity index (χ0) is 19.6. The molecule has 2 aliphatic rings. The summed E-state index contributed by atoms with van der Waals surface area (Å²) in [5.74, 6) is -2.51. The number of allylic oxidation sites excluding steroid dienone is 2. The number of imide groups is 1. The molecule has 0 saturated carbocycles. The summed E-state index contributed by atoms with van der Waals surface area (Å²) in [4.78, 5) is 51.8. The highest BCUT2D eigenvalue weighted by Gasteiger charge is 2.47. The zero-order valence-electron chi connectivity index (χ0n) is 15.3. The molecule has 2 atom stereocenters. The van der Waals surface area contributed by atoms with E-state index >= 15 is 0 Å². The van der Waals surface area contributed by atoms with Crippen LogP contribution in [-0.4, -0.2) is 49.2 Å². The number of carbonyl (C=O) groups is 4. The zero-order valence-corrected chi connectivity index (χ0v) is 15.3. The number of rotatable bonds is 4. The number of carbonyl (C=O) groups excluding carboxylic acids is 4. The number of anilines is 1. The van der Waals surface area contributed by atoms with Crippen LogP contribution in [0.5, 0.6) is 0 Å². The van der Waals surface area contributed by atoms with Crippen molar-refractivity contribution in [2.75, 3.05) is 25.5 Å². The molecule has 0 unspecified atom stereocenters. The number of amides is 4. The number of likely N-dealkylation sites (tertiary alicyclic amines) is 1. The Morgan fingerprint density at radius 3 is 2.30 bits per heavy atom. The van der Waals surface area contributed by atoms with E-state index < -0.39 is 18.4 Å². The van der Waals surface area contributed by atoms with Crippen LogP contribution in [0.3, 0.4) is 0 Å². The van der Waals surface area contributed by atoms with E-state index in [0.29, 0.717) is 18.4 Å². The summed E-state index contributed by atoms with van der Waals surface area (Å²) >= 11 is 0. The van der Waals surface area contributed by atoms with Crippen molar-refractivity contribution in [2.24, 2.45) is 11.8 Å². The van der Waals surface area contributed by atoms with Gasteiger partial charge in [-0.2, -0.15) is 0 Å². The average Bonchev–Trinajstić information content (AvgIpc) is 2.91. The first-order valence-corrected chi connectivity index (χ1v) is 8.75. The van der Waals surface area contributed by atoms with Crippen LogP contribution in [0.4, 0.5) is 5.69 Å². The van der Waals surface area contributed by atoms with E-state index in [9.17, 15) is 19.2 Å². The van der Waals surface area contributed by atoms with Gasteiger partial charge >= 0.3 is 0 Å². The molecule has 142 valence electrons. The fourth-order valence-corrected chi connectivity index (χ4v) is 3.33. The van der Waals surface area contributed by atoms with E-state index in [4.69, 9.17) is 0 Å². The Balaban J connectivity index is 1.55. The monoisotopic (exact) mass is 370 g/mol. The van der Waals surface area contributed by atoms with Gasteiger partial charge in [-0.1, -0.05) is 18.2 Å². The van der Waals surface area contributed by atoms with Crippen LogP contribution in [0.25, 0.3) is 0 Å². The van der Waals surface area contributed by atoms with E-state index in [-0.39, 0.29) is 23.7 Å². The minimum atomic E-state index is -0.625. The Hall–Kier alpha value is -3.16. The number of fused-ring (bicyclic) bond motifs is 1. The van der Waals surface area contributed by atoms with Crippen molar-refractivity contribution in [1.29, 1.82) is 0 Å². The molecule has 1 heterocycles. The van der Waals surface area contributed by atoms with Gasteiger partial charge < -0.3 is 4.90 Å². The highest BCUT2D eigenvalue weighted by Crippen LogP contribution is 2.34. The van der Waals surface area contributed by atoms with Gasteiger partial charge in [-0.25, -0.2) is 0 Å². The number of hydrazine groups is 1. The highest BCUT2D eigenvalue weighted by molar-refractivity contribution is 6.07. The van der Waals surface area contributed by atoms with Gasteiger partial charge in [0.2, 0.25) is 11.8 Å². The van der Waals surface area contributed by atoms with Gasteiger partial charge in [0, 0.05) is 25.3 Å². The third kappa shape index (κ3) is 3.84. The van der Waals surface area contributed by atoms with Crippen LogP contribution >= 0.6 is 0 Å². The molecule has 8 heteroatoms. The van der Waals surface area contributed by atoms with Crippen LogP contribution in [-0.2, 0) is 14.4 Å². The minimum absolute atomic E-state index is 0.325. The molecular weight excluding hydrogens is 348 g/mol. The molecule has 27 heavy (non-hydrogen) atoms. The third-order valence-electron chi connectivity index (χ3n) is 4.84. The SMILES string of the molecule is CN(C)c1cccc(C(=O)NNC(=O)CN2C(=O)[C@@H]3CC=CC[C@H]3C2=O)c1. The molecule has 1 aliphatic carbocycles. The molecule has 0 radical (unpaired) electrons. The molecule has 2 N–H and O–H groups in total. The Morgan fingerprint density at radius 2 is 1.70 bits per heavy atom. The molecule has 1 aliphatic heterocycles. The van der Waals surface area contributed by atoms with Crippen LogP contribution in [0.1, 0.15) is 23.2 Å². The second-order valence-corrected chi connectivity index (χ2v) is 6.87. The Morgan fingerprint density at radius 1 is 1.07 bits per heavy atom. The molecule has 3 rings (SSSR count). The lowest BCUT2D eigenvalue weighted by Gasteiger charge is -2.15. The summed E-state index contributed by atoms with van der Waals surface area (Å²) < 4.78 is 0. The Kier molecular flexibility index (Phi) is 5.25.